The highest BCUT2D eigenvalue weighted by molar-refractivity contribution is 7.95. The van der Waals surface area contributed by atoms with Crippen LogP contribution in [0.25, 0.3) is 11.3 Å². The van der Waals surface area contributed by atoms with Crippen LogP contribution in [-0.4, -0.2) is 4.98 Å². The maximum Gasteiger partial charge on any atom is 0.132 e. The minimum Gasteiger partial charge on any atom is -1.00 e. The minimum atomic E-state index is -1.91. The molecule has 0 aliphatic carbocycles. The van der Waals surface area contributed by atoms with E-state index in [0.29, 0.717) is 0 Å². The predicted octanol–water partition coefficient (Wildman–Crippen LogP) is 3.31. The topological polar surface area (TPSA) is 12.9 Å². The summed E-state index contributed by atoms with van der Waals surface area (Å²) in [6.45, 7) is 0. The van der Waals surface area contributed by atoms with Crippen molar-refractivity contribution in [2.75, 3.05) is 0 Å². The number of hydrogen-bond donors (Lipinski definition) is 0. The summed E-state index contributed by atoms with van der Waals surface area (Å²) < 4.78 is 0. The third-order valence-corrected chi connectivity index (χ3v) is 11.0. The Labute approximate surface area is 204 Å². The highest BCUT2D eigenvalue weighted by Gasteiger charge is 2.46. The van der Waals surface area contributed by atoms with E-state index in [1.165, 1.54) is 26.5 Å². The number of halogens is 1. The van der Waals surface area contributed by atoms with E-state index in [9.17, 15) is 0 Å². The maximum absolute atomic E-state index is 5.09. The monoisotopic (exact) mass is 515 g/mol. The van der Waals surface area contributed by atoms with Crippen molar-refractivity contribution < 1.29 is 17.0 Å². The van der Waals surface area contributed by atoms with Gasteiger partial charge in [-0.05, 0) is 36.4 Å². The molecule has 0 amide bonds. The van der Waals surface area contributed by atoms with Crippen molar-refractivity contribution in [2.24, 2.45) is 0 Å². The van der Waals surface area contributed by atoms with E-state index in [1.807, 2.05) is 6.07 Å². The number of nitrogens with zero attached hydrogens (tertiary/aromatic N) is 1. The van der Waals surface area contributed by atoms with Crippen LogP contribution >= 0.6 is 18.6 Å². The van der Waals surface area contributed by atoms with Crippen LogP contribution in [0.5, 0.6) is 0 Å². The van der Waals surface area contributed by atoms with Crippen molar-refractivity contribution in [3.8, 4) is 11.3 Å². The summed E-state index contributed by atoms with van der Waals surface area (Å²) in [5.74, 6) is 0. The number of thiazole rings is 1. The predicted molar refractivity (Wildman–Crippen MR) is 136 cm³/mol. The number of rotatable bonds is 6. The first-order valence-electron chi connectivity index (χ1n) is 10.4. The molecule has 0 aliphatic rings. The van der Waals surface area contributed by atoms with Gasteiger partial charge in [0.2, 0.25) is 0 Å². The van der Waals surface area contributed by atoms with Gasteiger partial charge in [-0.2, -0.15) is 0 Å². The summed E-state index contributed by atoms with van der Waals surface area (Å²) in [7, 11) is -1.91. The van der Waals surface area contributed by atoms with Gasteiger partial charge in [0.1, 0.15) is 34.3 Å². The van der Waals surface area contributed by atoms with E-state index in [-0.39, 0.29) is 17.0 Å². The summed E-state index contributed by atoms with van der Waals surface area (Å²) in [5.41, 5.74) is 2.24. The van der Waals surface area contributed by atoms with E-state index in [2.05, 4.69) is 121 Å². The fourth-order valence-electron chi connectivity index (χ4n) is 4.10. The quantitative estimate of drug-likeness (QED) is 0.316. The third-order valence-electron chi connectivity index (χ3n) is 5.58. The molecule has 0 bridgehead atoms. The molecule has 158 valence electrons. The largest absolute Gasteiger partial charge is 1.00 e. The molecule has 4 heteroatoms. The van der Waals surface area contributed by atoms with Crippen molar-refractivity contribution in [1.29, 1.82) is 0 Å². The Morgan fingerprint density at radius 1 is 0.562 bits per heavy atom. The normalized spacial score (nSPS) is 11.0. The van der Waals surface area contributed by atoms with Gasteiger partial charge in [0, 0.05) is 10.9 Å². The highest BCUT2D eigenvalue weighted by atomic mass is 79.9. The molecular weight excluding hydrogens is 493 g/mol. The molecule has 4 aromatic carbocycles. The van der Waals surface area contributed by atoms with Crippen LogP contribution in [0.3, 0.4) is 0 Å². The SMILES string of the molecule is [Br-].c1ccc(-c2csc(C[P+](c3ccccc3)(c3ccccc3)c3ccccc3)n2)cc1. The Hall–Kier alpha value is -2.58. The molecule has 0 saturated carbocycles. The van der Waals surface area contributed by atoms with E-state index < -0.39 is 7.26 Å². The van der Waals surface area contributed by atoms with Gasteiger partial charge >= 0.3 is 0 Å². The molecule has 1 heterocycles. The van der Waals surface area contributed by atoms with Gasteiger partial charge in [0.15, 0.2) is 0 Å². The zero-order chi connectivity index (χ0) is 20.9. The van der Waals surface area contributed by atoms with E-state index in [0.717, 1.165) is 11.9 Å². The van der Waals surface area contributed by atoms with Crippen LogP contribution in [0.4, 0.5) is 0 Å². The molecule has 0 atom stereocenters. The molecular formula is C28H23BrNPS. The lowest BCUT2D eigenvalue weighted by molar-refractivity contribution is -0.00000597. The first kappa shape index (κ1) is 22.6. The Balaban J connectivity index is 0.00000245. The van der Waals surface area contributed by atoms with E-state index in [4.69, 9.17) is 4.98 Å². The lowest BCUT2D eigenvalue weighted by atomic mass is 10.2. The van der Waals surface area contributed by atoms with Crippen LogP contribution < -0.4 is 32.9 Å². The van der Waals surface area contributed by atoms with Crippen molar-refractivity contribution in [1.82, 2.24) is 4.98 Å². The van der Waals surface area contributed by atoms with Gasteiger partial charge in [-0.1, -0.05) is 84.9 Å². The fourth-order valence-corrected chi connectivity index (χ4v) is 9.52. The van der Waals surface area contributed by atoms with Crippen molar-refractivity contribution in [3.63, 3.8) is 0 Å². The van der Waals surface area contributed by atoms with Crippen molar-refractivity contribution in [3.05, 3.63) is 132 Å². The molecule has 32 heavy (non-hydrogen) atoms. The van der Waals surface area contributed by atoms with Gasteiger partial charge in [-0.15, -0.1) is 11.3 Å². The summed E-state index contributed by atoms with van der Waals surface area (Å²) in [6, 6.07) is 43.5. The Kier molecular flexibility index (Phi) is 7.32. The van der Waals surface area contributed by atoms with Gasteiger partial charge < -0.3 is 17.0 Å². The molecule has 1 aromatic heterocycles. The number of aromatic nitrogens is 1. The van der Waals surface area contributed by atoms with E-state index in [1.54, 1.807) is 11.3 Å². The maximum atomic E-state index is 5.09. The van der Waals surface area contributed by atoms with Crippen LogP contribution in [0, 0.1) is 0 Å². The first-order valence-corrected chi connectivity index (χ1v) is 13.3. The number of hydrogen-bond acceptors (Lipinski definition) is 2. The zero-order valence-corrected chi connectivity index (χ0v) is 20.8. The average molecular weight is 516 g/mol. The molecule has 0 spiro atoms. The molecule has 1 nitrogen and oxygen atoms in total. The second kappa shape index (κ2) is 10.4. The number of benzene rings is 4. The second-order valence-corrected chi connectivity index (χ2v) is 11.9. The van der Waals surface area contributed by atoms with Crippen molar-refractivity contribution in [2.45, 2.75) is 6.16 Å². The smallest absolute Gasteiger partial charge is 0.132 e. The molecule has 0 N–H and O–H groups in total. The third kappa shape index (κ3) is 4.47. The molecule has 0 radical (unpaired) electrons. The standard InChI is InChI=1S/C28H23NPS.BrH/c1-5-13-23(14-6-1)27-22-31-28(29-27)21-30(24-15-7-2-8-16-24,25-17-9-3-10-18-25)26-19-11-4-12-20-26;/h1-20,22H,21H2;1H/q+1;/p-1. The Morgan fingerprint density at radius 3 is 1.41 bits per heavy atom. The van der Waals surface area contributed by atoms with Crippen LogP contribution in [-0.2, 0) is 6.16 Å². The van der Waals surface area contributed by atoms with Crippen LogP contribution in [0.15, 0.2) is 127 Å². The summed E-state index contributed by atoms with van der Waals surface area (Å²) in [5, 5.41) is 7.56. The second-order valence-electron chi connectivity index (χ2n) is 7.47. The lowest BCUT2D eigenvalue weighted by Gasteiger charge is -2.26. The van der Waals surface area contributed by atoms with Crippen LogP contribution in [0.1, 0.15) is 5.01 Å². The molecule has 0 unspecified atom stereocenters. The average Bonchev–Trinajstić information content (AvgIpc) is 3.33. The molecule has 0 saturated heterocycles. The lowest BCUT2D eigenvalue weighted by Crippen LogP contribution is -3.00. The van der Waals surface area contributed by atoms with Gasteiger partial charge in [0.25, 0.3) is 0 Å². The molecule has 0 fully saturated rings. The van der Waals surface area contributed by atoms with E-state index >= 15 is 0 Å². The molecule has 5 aromatic rings. The Bertz CT molecular complexity index is 1150. The summed E-state index contributed by atoms with van der Waals surface area (Å²) >= 11 is 1.77. The van der Waals surface area contributed by atoms with Gasteiger partial charge in [-0.3, -0.25) is 0 Å². The Morgan fingerprint density at radius 2 is 0.969 bits per heavy atom. The fraction of sp³-hybridized carbons (Fsp3) is 0.0357. The minimum absolute atomic E-state index is 0. The molecule has 0 aliphatic heterocycles. The van der Waals surface area contributed by atoms with Crippen molar-refractivity contribution >= 4 is 34.5 Å². The first-order chi connectivity index (χ1) is 15.4. The summed E-state index contributed by atoms with van der Waals surface area (Å²) in [4.78, 5) is 5.09. The van der Waals surface area contributed by atoms with Crippen LogP contribution in [0.2, 0.25) is 0 Å². The van der Waals surface area contributed by atoms with Gasteiger partial charge in [0.05, 0.1) is 5.69 Å². The zero-order valence-electron chi connectivity index (χ0n) is 17.5. The van der Waals surface area contributed by atoms with Gasteiger partial charge in [-0.25, -0.2) is 4.98 Å². The molecule has 5 rings (SSSR count). The highest BCUT2D eigenvalue weighted by Crippen LogP contribution is 2.58. The summed E-state index contributed by atoms with van der Waals surface area (Å²) in [6.07, 6.45) is 0.919.